The van der Waals surface area contributed by atoms with Gasteiger partial charge < -0.3 is 15.1 Å². The van der Waals surface area contributed by atoms with Crippen molar-refractivity contribution in [2.75, 3.05) is 5.32 Å². The second-order valence-corrected chi connectivity index (χ2v) is 5.06. The predicted molar refractivity (Wildman–Crippen MR) is 65.7 cm³/mol. The maximum atomic E-state index is 11.4. The second-order valence-electron chi connectivity index (χ2n) is 4.30. The lowest BCUT2D eigenvalue weighted by atomic mass is 10.2. The smallest absolute Gasteiger partial charge is 0.414 e. The van der Waals surface area contributed by atoms with E-state index in [0.717, 1.165) is 11.5 Å². The Bertz CT molecular complexity index is 519. The highest BCUT2D eigenvalue weighted by Gasteiger charge is 2.21. The molecule has 10 heteroatoms. The highest BCUT2D eigenvalue weighted by Crippen LogP contribution is 2.14. The van der Waals surface area contributed by atoms with E-state index in [1.807, 2.05) is 0 Å². The number of hydrogen-bond donors (Lipinski definition) is 3. The van der Waals surface area contributed by atoms with Crippen LogP contribution in [0.2, 0.25) is 0 Å². The first kappa shape index (κ1) is 14.8. The molecule has 0 bridgehead atoms. The van der Waals surface area contributed by atoms with E-state index in [2.05, 4.69) is 19.8 Å². The number of nitrogens with zero attached hydrogens (tertiary/aromatic N) is 3. The number of carboxylic acid groups (broad SMARTS) is 1. The number of carbonyl (C=O) groups excluding carboxylic acids is 1. The summed E-state index contributed by atoms with van der Waals surface area (Å²) >= 11 is 0.737. The molecule has 0 aromatic carbocycles. The summed E-state index contributed by atoms with van der Waals surface area (Å²) in [6.45, 7) is 5.08. The Hall–Kier alpha value is -2.23. The fourth-order valence-corrected chi connectivity index (χ4v) is 1.50. The number of nitrogens with one attached hydrogen (secondary N) is 1. The standard InChI is InChI=1S/C9H12N4O5S/c1-9(2,3)18-8(16)11-7-10-5(13-19-7)4(12-17)6(14)15/h17H,1-3H3,(H,14,15)(H,10,11,13,16). The maximum Gasteiger partial charge on any atom is 0.414 e. The topological polar surface area (TPSA) is 134 Å². The van der Waals surface area contributed by atoms with Gasteiger partial charge in [-0.05, 0) is 20.8 Å². The number of anilines is 1. The van der Waals surface area contributed by atoms with Crippen molar-refractivity contribution in [3.05, 3.63) is 5.82 Å². The third kappa shape index (κ3) is 4.50. The molecule has 0 fully saturated rings. The number of carboxylic acids is 1. The van der Waals surface area contributed by atoms with Crippen LogP contribution < -0.4 is 5.32 Å². The van der Waals surface area contributed by atoms with Gasteiger partial charge in [0.2, 0.25) is 16.7 Å². The summed E-state index contributed by atoms with van der Waals surface area (Å²) in [6.07, 6.45) is -0.743. The predicted octanol–water partition coefficient (Wildman–Crippen LogP) is 1.15. The van der Waals surface area contributed by atoms with E-state index in [-0.39, 0.29) is 11.0 Å². The molecule has 0 atom stereocenters. The SMILES string of the molecule is CC(C)(C)OC(=O)Nc1nc(C(=NO)C(=O)O)ns1. The molecule has 0 aliphatic carbocycles. The number of aromatic nitrogens is 2. The molecule has 3 N–H and O–H groups in total. The molecule has 1 amide bonds. The Balaban J connectivity index is 2.76. The van der Waals surface area contributed by atoms with Gasteiger partial charge in [0.05, 0.1) is 0 Å². The number of carbonyl (C=O) groups is 2. The molecule has 1 aromatic heterocycles. The van der Waals surface area contributed by atoms with Gasteiger partial charge in [-0.1, -0.05) is 5.16 Å². The first-order valence-corrected chi connectivity index (χ1v) is 5.79. The first-order valence-electron chi connectivity index (χ1n) is 5.02. The van der Waals surface area contributed by atoms with E-state index in [0.29, 0.717) is 0 Å². The fourth-order valence-electron chi connectivity index (χ4n) is 0.944. The first-order chi connectivity index (χ1) is 8.73. The number of amides is 1. The summed E-state index contributed by atoms with van der Waals surface area (Å²) in [5.41, 5.74) is -1.38. The summed E-state index contributed by atoms with van der Waals surface area (Å²) in [7, 11) is 0. The average molecular weight is 288 g/mol. The highest BCUT2D eigenvalue weighted by atomic mass is 32.1. The summed E-state index contributed by atoms with van der Waals surface area (Å²) in [5.74, 6) is -1.78. The van der Waals surface area contributed by atoms with Gasteiger partial charge in [-0.3, -0.25) is 5.32 Å². The van der Waals surface area contributed by atoms with Crippen molar-refractivity contribution in [3.63, 3.8) is 0 Å². The summed E-state index contributed by atoms with van der Waals surface area (Å²) < 4.78 is 8.62. The minimum absolute atomic E-state index is 0.0339. The third-order valence-corrected chi connectivity index (χ3v) is 2.18. The van der Waals surface area contributed by atoms with Crippen LogP contribution in [0.4, 0.5) is 9.93 Å². The van der Waals surface area contributed by atoms with Crippen molar-refractivity contribution in [2.45, 2.75) is 26.4 Å². The molecule has 0 saturated carbocycles. The van der Waals surface area contributed by atoms with Crippen molar-refractivity contribution in [1.82, 2.24) is 9.36 Å². The largest absolute Gasteiger partial charge is 0.476 e. The van der Waals surface area contributed by atoms with Gasteiger partial charge in [-0.25, -0.2) is 9.59 Å². The molecular weight excluding hydrogens is 276 g/mol. The van der Waals surface area contributed by atoms with Crippen molar-refractivity contribution < 1.29 is 24.6 Å². The van der Waals surface area contributed by atoms with Crippen molar-refractivity contribution in [1.29, 1.82) is 0 Å². The van der Waals surface area contributed by atoms with Crippen LogP contribution in [0.3, 0.4) is 0 Å². The summed E-state index contributed by atoms with van der Waals surface area (Å²) in [4.78, 5) is 25.8. The van der Waals surface area contributed by atoms with Gasteiger partial charge >= 0.3 is 12.1 Å². The molecule has 0 aliphatic heterocycles. The van der Waals surface area contributed by atoms with Crippen LogP contribution in [0.5, 0.6) is 0 Å². The number of aliphatic carboxylic acids is 1. The normalized spacial score (nSPS) is 12.1. The molecule has 1 aromatic rings. The quantitative estimate of drug-likeness (QED) is 0.431. The lowest BCUT2D eigenvalue weighted by molar-refractivity contribution is -0.129. The van der Waals surface area contributed by atoms with Gasteiger partial charge in [-0.15, -0.1) is 0 Å². The number of rotatable bonds is 3. The van der Waals surface area contributed by atoms with Crippen LogP contribution in [-0.4, -0.2) is 43.0 Å². The van der Waals surface area contributed by atoms with E-state index in [1.165, 1.54) is 0 Å². The zero-order valence-electron chi connectivity index (χ0n) is 10.4. The van der Waals surface area contributed by atoms with Gasteiger partial charge in [-0.2, -0.15) is 9.36 Å². The monoisotopic (exact) mass is 288 g/mol. The third-order valence-electron chi connectivity index (χ3n) is 1.55. The zero-order chi connectivity index (χ0) is 14.6. The van der Waals surface area contributed by atoms with Crippen molar-refractivity contribution in [2.24, 2.45) is 5.16 Å². The second kappa shape index (κ2) is 5.61. The van der Waals surface area contributed by atoms with E-state index < -0.39 is 23.4 Å². The molecule has 9 nitrogen and oxygen atoms in total. The molecule has 19 heavy (non-hydrogen) atoms. The molecule has 1 heterocycles. The van der Waals surface area contributed by atoms with Gasteiger partial charge in [0.1, 0.15) is 5.60 Å². The van der Waals surface area contributed by atoms with Crippen LogP contribution in [0.1, 0.15) is 26.6 Å². The Kier molecular flexibility index (Phi) is 4.38. The summed E-state index contributed by atoms with van der Waals surface area (Å²) in [5, 5.41) is 22.1. The van der Waals surface area contributed by atoms with E-state index in [9.17, 15) is 9.59 Å². The maximum absolute atomic E-state index is 11.4. The summed E-state index contributed by atoms with van der Waals surface area (Å²) in [6, 6.07) is 0. The lowest BCUT2D eigenvalue weighted by Gasteiger charge is -2.18. The zero-order valence-corrected chi connectivity index (χ0v) is 11.2. The van der Waals surface area contributed by atoms with Crippen LogP contribution in [0.25, 0.3) is 0 Å². The Morgan fingerprint density at radius 3 is 2.53 bits per heavy atom. The molecule has 104 valence electrons. The molecule has 0 saturated heterocycles. The van der Waals surface area contributed by atoms with Crippen molar-refractivity contribution >= 4 is 34.4 Å². The van der Waals surface area contributed by atoms with Crippen LogP contribution in [0, 0.1) is 0 Å². The van der Waals surface area contributed by atoms with Gasteiger partial charge in [0, 0.05) is 11.5 Å². The molecule has 1 rings (SSSR count). The van der Waals surface area contributed by atoms with Crippen LogP contribution in [0.15, 0.2) is 5.16 Å². The van der Waals surface area contributed by atoms with Crippen LogP contribution >= 0.6 is 11.5 Å². The molecule has 0 aliphatic rings. The highest BCUT2D eigenvalue weighted by molar-refractivity contribution is 7.10. The van der Waals surface area contributed by atoms with E-state index in [1.54, 1.807) is 20.8 Å². The number of hydrogen-bond acceptors (Lipinski definition) is 8. The van der Waals surface area contributed by atoms with Gasteiger partial charge in [0.15, 0.2) is 0 Å². The number of oxime groups is 1. The van der Waals surface area contributed by atoms with E-state index in [4.69, 9.17) is 15.1 Å². The molecule has 0 unspecified atom stereocenters. The van der Waals surface area contributed by atoms with Crippen molar-refractivity contribution in [3.8, 4) is 0 Å². The minimum atomic E-state index is -1.48. The molecular formula is C9H12N4O5S. The Labute approximate surface area is 112 Å². The minimum Gasteiger partial charge on any atom is -0.476 e. The Morgan fingerprint density at radius 2 is 2.05 bits per heavy atom. The molecule has 0 radical (unpaired) electrons. The van der Waals surface area contributed by atoms with Crippen LogP contribution in [-0.2, 0) is 9.53 Å². The number of ether oxygens (including phenoxy) is 1. The Morgan fingerprint density at radius 1 is 1.42 bits per heavy atom. The molecule has 0 spiro atoms. The fraction of sp³-hybridized carbons (Fsp3) is 0.444. The van der Waals surface area contributed by atoms with E-state index >= 15 is 0 Å². The lowest BCUT2D eigenvalue weighted by Crippen LogP contribution is -2.27. The van der Waals surface area contributed by atoms with Gasteiger partial charge in [0.25, 0.3) is 0 Å². The average Bonchev–Trinajstić information content (AvgIpc) is 2.63.